The zero-order valence-electron chi connectivity index (χ0n) is 18.3. The second-order valence-electron chi connectivity index (χ2n) is 7.98. The number of ether oxygens (including phenoxy) is 1. The Kier molecular flexibility index (Phi) is 6.44. The predicted molar refractivity (Wildman–Crippen MR) is 128 cm³/mol. The zero-order valence-corrected chi connectivity index (χ0v) is 18.3. The van der Waals surface area contributed by atoms with E-state index in [2.05, 4.69) is 21.4 Å². The maximum atomic E-state index is 12.8. The molecular weight excluding hydrogens is 420 g/mol. The maximum absolute atomic E-state index is 12.8. The van der Waals surface area contributed by atoms with Crippen LogP contribution in [0.5, 0.6) is 0 Å². The number of anilines is 2. The molecule has 0 radical (unpaired) electrons. The number of nitrogens with one attached hydrogen (secondary N) is 2. The van der Waals surface area contributed by atoms with Gasteiger partial charge in [-0.15, -0.1) is 0 Å². The minimum atomic E-state index is -0.681. The van der Waals surface area contributed by atoms with Gasteiger partial charge in [-0.1, -0.05) is 30.3 Å². The Morgan fingerprint density at radius 2 is 1.70 bits per heavy atom. The van der Waals surface area contributed by atoms with Gasteiger partial charge in [-0.25, -0.2) is 4.79 Å². The van der Waals surface area contributed by atoms with Crippen LogP contribution >= 0.6 is 0 Å². The SMILES string of the molecule is COC(=O)NCC(=O)N1CCC[C@H]1C(=O)Nc1ccc(-c2ccc3cc(N)ccc3c2)cc1. The van der Waals surface area contributed by atoms with Gasteiger partial charge in [0.15, 0.2) is 0 Å². The smallest absolute Gasteiger partial charge is 0.407 e. The summed E-state index contributed by atoms with van der Waals surface area (Å²) >= 11 is 0. The number of carbonyl (C=O) groups is 3. The molecule has 0 aliphatic carbocycles. The maximum Gasteiger partial charge on any atom is 0.407 e. The van der Waals surface area contributed by atoms with Crippen molar-refractivity contribution in [2.24, 2.45) is 0 Å². The van der Waals surface area contributed by atoms with Crippen LogP contribution in [0.4, 0.5) is 16.2 Å². The van der Waals surface area contributed by atoms with Gasteiger partial charge in [0.1, 0.15) is 12.6 Å². The molecule has 0 unspecified atom stereocenters. The van der Waals surface area contributed by atoms with E-state index in [1.807, 2.05) is 54.6 Å². The number of hydrogen-bond acceptors (Lipinski definition) is 5. The summed E-state index contributed by atoms with van der Waals surface area (Å²) in [5.74, 6) is -0.554. The highest BCUT2D eigenvalue weighted by atomic mass is 16.5. The molecule has 33 heavy (non-hydrogen) atoms. The third-order valence-electron chi connectivity index (χ3n) is 5.80. The van der Waals surface area contributed by atoms with E-state index in [-0.39, 0.29) is 18.4 Å². The Hall–Kier alpha value is -4.07. The van der Waals surface area contributed by atoms with Crippen LogP contribution < -0.4 is 16.4 Å². The summed E-state index contributed by atoms with van der Waals surface area (Å²) in [4.78, 5) is 37.9. The first-order valence-electron chi connectivity index (χ1n) is 10.8. The van der Waals surface area contributed by atoms with Crippen LogP contribution in [0, 0.1) is 0 Å². The highest BCUT2D eigenvalue weighted by molar-refractivity contribution is 5.98. The van der Waals surface area contributed by atoms with Crippen LogP contribution in [-0.2, 0) is 14.3 Å². The number of methoxy groups -OCH3 is 1. The monoisotopic (exact) mass is 446 g/mol. The number of amides is 3. The van der Waals surface area contributed by atoms with Gasteiger partial charge in [0.25, 0.3) is 0 Å². The molecule has 1 aliphatic heterocycles. The summed E-state index contributed by atoms with van der Waals surface area (Å²) in [7, 11) is 1.23. The Labute approximate surface area is 191 Å². The fourth-order valence-corrected chi connectivity index (χ4v) is 4.07. The zero-order chi connectivity index (χ0) is 23.4. The second kappa shape index (κ2) is 9.60. The van der Waals surface area contributed by atoms with Crippen molar-refractivity contribution in [3.8, 4) is 11.1 Å². The molecule has 0 saturated carbocycles. The number of likely N-dealkylation sites (tertiary alicyclic amines) is 1. The number of fused-ring (bicyclic) bond motifs is 1. The molecule has 1 saturated heterocycles. The third-order valence-corrected chi connectivity index (χ3v) is 5.80. The molecule has 1 fully saturated rings. The quantitative estimate of drug-likeness (QED) is 0.520. The lowest BCUT2D eigenvalue weighted by molar-refractivity contribution is -0.135. The summed E-state index contributed by atoms with van der Waals surface area (Å²) in [6.45, 7) is 0.274. The molecule has 1 atom stereocenters. The van der Waals surface area contributed by atoms with Gasteiger partial charge in [0.2, 0.25) is 11.8 Å². The van der Waals surface area contributed by atoms with Gasteiger partial charge in [-0.05, 0) is 65.1 Å². The van der Waals surface area contributed by atoms with Crippen molar-refractivity contribution in [2.45, 2.75) is 18.9 Å². The first-order chi connectivity index (χ1) is 15.9. The van der Waals surface area contributed by atoms with Crippen molar-refractivity contribution < 1.29 is 19.1 Å². The molecule has 8 nitrogen and oxygen atoms in total. The summed E-state index contributed by atoms with van der Waals surface area (Å²) in [5.41, 5.74) is 9.34. The standard InChI is InChI=1S/C25H26N4O4/c1-33-25(32)27-15-23(30)29-12-2-3-22(29)24(31)28-21-10-7-16(8-11-21)17-4-5-19-14-20(26)9-6-18(19)13-17/h4-11,13-14,22H,2-3,12,15,26H2,1H3,(H,27,32)(H,28,31)/t22-/m0/s1. The summed E-state index contributed by atoms with van der Waals surface area (Å²) in [6.07, 6.45) is 0.628. The minimum Gasteiger partial charge on any atom is -0.453 e. The number of nitrogen functional groups attached to an aromatic ring is 1. The van der Waals surface area contributed by atoms with Gasteiger partial charge in [0, 0.05) is 17.9 Å². The molecule has 1 heterocycles. The average Bonchev–Trinajstić information content (AvgIpc) is 3.33. The fraction of sp³-hybridized carbons (Fsp3) is 0.240. The van der Waals surface area contributed by atoms with E-state index in [0.717, 1.165) is 34.0 Å². The van der Waals surface area contributed by atoms with Gasteiger partial charge in [-0.3, -0.25) is 9.59 Å². The molecule has 0 aromatic heterocycles. The number of nitrogens with zero attached hydrogens (tertiary/aromatic N) is 1. The van der Waals surface area contributed by atoms with Crippen LogP contribution in [0.3, 0.4) is 0 Å². The summed E-state index contributed by atoms with van der Waals surface area (Å²) in [6, 6.07) is 19.0. The van der Waals surface area contributed by atoms with Gasteiger partial charge in [-0.2, -0.15) is 0 Å². The summed E-state index contributed by atoms with van der Waals surface area (Å²) < 4.78 is 4.48. The molecule has 8 heteroatoms. The molecule has 3 aromatic carbocycles. The number of rotatable bonds is 5. The lowest BCUT2D eigenvalue weighted by Crippen LogP contribution is -2.47. The molecule has 170 valence electrons. The predicted octanol–water partition coefficient (Wildman–Crippen LogP) is 3.37. The molecule has 4 rings (SSSR count). The Morgan fingerprint density at radius 1 is 1.00 bits per heavy atom. The number of alkyl carbamates (subject to hydrolysis) is 1. The van der Waals surface area contributed by atoms with Crippen LogP contribution in [0.25, 0.3) is 21.9 Å². The van der Waals surface area contributed by atoms with Crippen molar-refractivity contribution in [2.75, 3.05) is 31.2 Å². The molecule has 3 aromatic rings. The van der Waals surface area contributed by atoms with Crippen molar-refractivity contribution in [3.05, 3.63) is 60.7 Å². The van der Waals surface area contributed by atoms with Gasteiger partial charge >= 0.3 is 6.09 Å². The molecule has 0 bridgehead atoms. The number of nitrogens with two attached hydrogens (primary N) is 1. The van der Waals surface area contributed by atoms with E-state index in [1.165, 1.54) is 12.0 Å². The fourth-order valence-electron chi connectivity index (χ4n) is 4.07. The number of hydrogen-bond donors (Lipinski definition) is 3. The molecule has 3 amide bonds. The van der Waals surface area contributed by atoms with E-state index < -0.39 is 12.1 Å². The Balaban J connectivity index is 1.41. The second-order valence-corrected chi connectivity index (χ2v) is 7.98. The van der Waals surface area contributed by atoms with Crippen molar-refractivity contribution in [1.29, 1.82) is 0 Å². The topological polar surface area (TPSA) is 114 Å². The van der Waals surface area contributed by atoms with Crippen LogP contribution in [0.2, 0.25) is 0 Å². The van der Waals surface area contributed by atoms with Crippen molar-refractivity contribution in [3.63, 3.8) is 0 Å². The van der Waals surface area contributed by atoms with E-state index in [1.54, 1.807) is 0 Å². The van der Waals surface area contributed by atoms with E-state index in [9.17, 15) is 14.4 Å². The molecular formula is C25H26N4O4. The van der Waals surface area contributed by atoms with Gasteiger partial charge in [0.05, 0.1) is 7.11 Å². The minimum absolute atomic E-state index is 0.205. The van der Waals surface area contributed by atoms with E-state index >= 15 is 0 Å². The number of benzene rings is 3. The summed E-state index contributed by atoms with van der Waals surface area (Å²) in [5, 5.41) is 7.45. The first kappa shape index (κ1) is 22.1. The molecule has 1 aliphatic rings. The van der Waals surface area contributed by atoms with Crippen LogP contribution in [0.1, 0.15) is 12.8 Å². The average molecular weight is 447 g/mol. The molecule has 0 spiro atoms. The van der Waals surface area contributed by atoms with Crippen LogP contribution in [-0.4, -0.2) is 49.0 Å². The van der Waals surface area contributed by atoms with Crippen molar-refractivity contribution >= 4 is 40.1 Å². The first-order valence-corrected chi connectivity index (χ1v) is 10.8. The largest absolute Gasteiger partial charge is 0.453 e. The van der Waals surface area contributed by atoms with Gasteiger partial charge < -0.3 is 26.0 Å². The van der Waals surface area contributed by atoms with E-state index in [4.69, 9.17) is 5.73 Å². The highest BCUT2D eigenvalue weighted by Gasteiger charge is 2.34. The van der Waals surface area contributed by atoms with Crippen molar-refractivity contribution in [1.82, 2.24) is 10.2 Å². The normalized spacial score (nSPS) is 15.3. The Bertz CT molecular complexity index is 1190. The number of carbonyl (C=O) groups excluding carboxylic acids is 3. The third kappa shape index (κ3) is 5.06. The molecule has 4 N–H and O–H groups in total. The lowest BCUT2D eigenvalue weighted by Gasteiger charge is -2.24. The van der Waals surface area contributed by atoms with Crippen LogP contribution in [0.15, 0.2) is 60.7 Å². The van der Waals surface area contributed by atoms with E-state index in [0.29, 0.717) is 18.7 Å². The lowest BCUT2D eigenvalue weighted by atomic mass is 10.0. The Morgan fingerprint density at radius 3 is 2.45 bits per heavy atom. The highest BCUT2D eigenvalue weighted by Crippen LogP contribution is 2.27.